The predicted molar refractivity (Wildman–Crippen MR) is 125 cm³/mol. The van der Waals surface area contributed by atoms with E-state index in [1.54, 1.807) is 11.3 Å². The van der Waals surface area contributed by atoms with Crippen LogP contribution in [0.4, 0.5) is 0 Å². The number of rotatable bonds is 4. The number of H-pyrrole nitrogens is 1. The van der Waals surface area contributed by atoms with Gasteiger partial charge in [-0.1, -0.05) is 66.7 Å². The quantitative estimate of drug-likeness (QED) is 0.371. The monoisotopic (exact) mass is 440 g/mol. The van der Waals surface area contributed by atoms with E-state index >= 15 is 0 Å². The highest BCUT2D eigenvalue weighted by Gasteiger charge is 2.16. The van der Waals surface area contributed by atoms with Crippen molar-refractivity contribution in [2.24, 2.45) is 0 Å². The Kier molecular flexibility index (Phi) is 4.26. The highest BCUT2D eigenvalue weighted by atomic mass is 32.1. The maximum absolute atomic E-state index is 5.59. The molecule has 0 aliphatic carbocycles. The molecule has 0 unspecified atom stereocenters. The Hall–Kier alpha value is -3.62. The van der Waals surface area contributed by atoms with E-state index in [9.17, 15) is 0 Å². The van der Waals surface area contributed by atoms with E-state index in [1.165, 1.54) is 0 Å². The van der Waals surface area contributed by atoms with Crippen molar-refractivity contribution in [3.63, 3.8) is 0 Å². The molecule has 3 aromatic heterocycles. The molecule has 0 radical (unpaired) electrons. The highest BCUT2D eigenvalue weighted by molar-refractivity contribution is 7.71. The van der Waals surface area contributed by atoms with E-state index in [4.69, 9.17) is 17.3 Å². The molecular formula is C23H16N6S2. The third-order valence-electron chi connectivity index (χ3n) is 5.27. The average Bonchev–Trinajstić information content (AvgIpc) is 3.50. The lowest BCUT2D eigenvalue weighted by Crippen LogP contribution is -2.05. The normalized spacial score (nSPS) is 11.5. The summed E-state index contributed by atoms with van der Waals surface area (Å²) in [7, 11) is 0. The maximum atomic E-state index is 5.59. The lowest BCUT2D eigenvalue weighted by molar-refractivity contribution is 0.837. The summed E-state index contributed by atoms with van der Waals surface area (Å²) in [6.45, 7) is 0. The topological polar surface area (TPSA) is 63.8 Å². The Balaban J connectivity index is 1.44. The van der Waals surface area contributed by atoms with Crippen LogP contribution in [0.1, 0.15) is 11.5 Å². The number of thiazole rings is 1. The van der Waals surface area contributed by atoms with E-state index < -0.39 is 0 Å². The van der Waals surface area contributed by atoms with Gasteiger partial charge in [-0.2, -0.15) is 10.1 Å². The molecule has 0 fully saturated rings. The molecule has 0 saturated heterocycles. The summed E-state index contributed by atoms with van der Waals surface area (Å²) in [6.07, 6.45) is 0.577. The van der Waals surface area contributed by atoms with Crippen LogP contribution in [0.3, 0.4) is 0 Å². The molecule has 6 aromatic rings. The molecule has 0 aliphatic heterocycles. The molecule has 0 saturated carbocycles. The van der Waals surface area contributed by atoms with Gasteiger partial charge >= 0.3 is 0 Å². The van der Waals surface area contributed by atoms with Crippen molar-refractivity contribution in [1.29, 1.82) is 0 Å². The lowest BCUT2D eigenvalue weighted by Gasteiger charge is -2.10. The van der Waals surface area contributed by atoms with Gasteiger partial charge in [0.1, 0.15) is 5.82 Å². The predicted octanol–water partition coefficient (Wildman–Crippen LogP) is 5.45. The number of hydrogen-bond donors (Lipinski definition) is 1. The zero-order valence-electron chi connectivity index (χ0n) is 16.3. The molecule has 150 valence electrons. The van der Waals surface area contributed by atoms with Gasteiger partial charge in [-0.3, -0.25) is 9.67 Å². The van der Waals surface area contributed by atoms with Gasteiger partial charge in [0.15, 0.2) is 10.6 Å². The highest BCUT2D eigenvalue weighted by Crippen LogP contribution is 2.26. The summed E-state index contributed by atoms with van der Waals surface area (Å²) in [4.78, 5) is 5.55. The number of fused-ring (bicyclic) bond motifs is 2. The Morgan fingerprint density at radius 2 is 1.74 bits per heavy atom. The molecular weight excluding hydrogens is 424 g/mol. The summed E-state index contributed by atoms with van der Waals surface area (Å²) >= 11 is 7.17. The van der Waals surface area contributed by atoms with Crippen LogP contribution < -0.4 is 0 Å². The molecule has 1 N–H and O–H groups in total. The first-order valence-corrected chi connectivity index (χ1v) is 11.1. The van der Waals surface area contributed by atoms with Gasteiger partial charge in [-0.05, 0) is 23.7 Å². The van der Waals surface area contributed by atoms with Gasteiger partial charge in [0.05, 0.1) is 17.8 Å². The second-order valence-corrected chi connectivity index (χ2v) is 8.40. The van der Waals surface area contributed by atoms with Gasteiger partial charge < -0.3 is 0 Å². The zero-order valence-corrected chi connectivity index (χ0v) is 17.9. The van der Waals surface area contributed by atoms with Crippen molar-refractivity contribution < 1.29 is 0 Å². The second-order valence-electron chi connectivity index (χ2n) is 7.18. The minimum absolute atomic E-state index is 0.571. The molecule has 3 heterocycles. The van der Waals surface area contributed by atoms with Crippen molar-refractivity contribution in [3.8, 4) is 17.1 Å². The third-order valence-corrected chi connectivity index (χ3v) is 6.41. The fraction of sp³-hybridized carbons (Fsp3) is 0.0435. The van der Waals surface area contributed by atoms with Crippen LogP contribution in [0.5, 0.6) is 0 Å². The average molecular weight is 441 g/mol. The van der Waals surface area contributed by atoms with Crippen LogP contribution in [0, 0.1) is 4.77 Å². The standard InChI is InChI=1S/C23H16N6S2/c30-22-26-25-20(28(22)19-12-6-10-15-7-4-5-11-18(15)19)13-17-14-31-23-24-21(27-29(17)23)16-8-2-1-3-9-16/h1-12,14H,13H2,(H,26,30). The van der Waals surface area contributed by atoms with Crippen molar-refractivity contribution in [3.05, 3.63) is 94.5 Å². The smallest absolute Gasteiger partial charge is 0.212 e. The molecule has 3 aromatic carbocycles. The molecule has 0 amide bonds. The van der Waals surface area contributed by atoms with Crippen LogP contribution in [-0.2, 0) is 6.42 Å². The van der Waals surface area contributed by atoms with Gasteiger partial charge in [0, 0.05) is 16.3 Å². The number of aromatic nitrogens is 6. The summed E-state index contributed by atoms with van der Waals surface area (Å²) in [6, 6.07) is 24.5. The molecule has 0 bridgehead atoms. The summed E-state index contributed by atoms with van der Waals surface area (Å²) in [5, 5.41) is 16.6. The summed E-state index contributed by atoms with van der Waals surface area (Å²) in [5.41, 5.74) is 3.04. The van der Waals surface area contributed by atoms with Crippen molar-refractivity contribution in [2.45, 2.75) is 6.42 Å². The first kappa shape index (κ1) is 18.2. The zero-order chi connectivity index (χ0) is 20.8. The molecule has 8 heteroatoms. The minimum atomic E-state index is 0.571. The van der Waals surface area contributed by atoms with Crippen molar-refractivity contribution in [2.75, 3.05) is 0 Å². The molecule has 0 spiro atoms. The van der Waals surface area contributed by atoms with E-state index in [0.717, 1.165) is 44.3 Å². The van der Waals surface area contributed by atoms with Crippen molar-refractivity contribution >= 4 is 39.3 Å². The van der Waals surface area contributed by atoms with E-state index in [-0.39, 0.29) is 0 Å². The SMILES string of the molecule is S=c1[nH]nc(Cc2csc3nc(-c4ccccc4)nn23)n1-c1cccc2ccccc12. The lowest BCUT2D eigenvalue weighted by atomic mass is 10.1. The molecule has 0 atom stereocenters. The summed E-state index contributed by atoms with van der Waals surface area (Å²) in [5.74, 6) is 1.56. The van der Waals surface area contributed by atoms with Crippen LogP contribution >= 0.6 is 23.6 Å². The first-order chi connectivity index (χ1) is 15.3. The number of benzene rings is 3. The largest absolute Gasteiger partial charge is 0.271 e. The van der Waals surface area contributed by atoms with Gasteiger partial charge in [0.2, 0.25) is 4.96 Å². The second kappa shape index (κ2) is 7.26. The minimum Gasteiger partial charge on any atom is -0.271 e. The first-order valence-electron chi connectivity index (χ1n) is 9.81. The third kappa shape index (κ3) is 3.08. The van der Waals surface area contributed by atoms with Crippen molar-refractivity contribution in [1.82, 2.24) is 29.4 Å². The molecule has 6 rings (SSSR count). The Morgan fingerprint density at radius 3 is 2.65 bits per heavy atom. The molecule has 6 nitrogen and oxygen atoms in total. The number of nitrogens with one attached hydrogen (secondary N) is 1. The maximum Gasteiger partial charge on any atom is 0.212 e. The molecule has 0 aliphatic rings. The fourth-order valence-corrected chi connectivity index (χ4v) is 4.89. The Morgan fingerprint density at radius 1 is 0.935 bits per heavy atom. The van der Waals surface area contributed by atoms with Crippen LogP contribution in [0.15, 0.2) is 78.2 Å². The molecule has 31 heavy (non-hydrogen) atoms. The Labute approximate surface area is 186 Å². The summed E-state index contributed by atoms with van der Waals surface area (Å²) < 4.78 is 4.48. The van der Waals surface area contributed by atoms with Gasteiger partial charge in [0.25, 0.3) is 0 Å². The van der Waals surface area contributed by atoms with E-state index in [1.807, 2.05) is 57.6 Å². The number of hydrogen-bond acceptors (Lipinski definition) is 5. The number of nitrogens with zero attached hydrogens (tertiary/aromatic N) is 5. The van der Waals surface area contributed by atoms with Gasteiger partial charge in [-0.15, -0.1) is 16.4 Å². The van der Waals surface area contributed by atoms with Gasteiger partial charge in [-0.25, -0.2) is 4.52 Å². The van der Waals surface area contributed by atoms with Crippen LogP contribution in [-0.4, -0.2) is 29.4 Å². The van der Waals surface area contributed by atoms with E-state index in [2.05, 4.69) is 44.8 Å². The van der Waals surface area contributed by atoms with Crippen LogP contribution in [0.25, 0.3) is 32.8 Å². The fourth-order valence-electron chi connectivity index (χ4n) is 3.82. The van der Waals surface area contributed by atoms with E-state index in [0.29, 0.717) is 11.2 Å². The van der Waals surface area contributed by atoms with Crippen LogP contribution in [0.2, 0.25) is 0 Å². The number of aromatic amines is 1. The Bertz CT molecular complexity index is 1580.